The molecule has 0 aliphatic carbocycles. The Morgan fingerprint density at radius 2 is 1.76 bits per heavy atom. The number of rotatable bonds is 5. The number of likely N-dealkylation sites (tertiary alicyclic amines) is 1. The first-order valence-electron chi connectivity index (χ1n) is 10.1. The van der Waals surface area contributed by atoms with Gasteiger partial charge >= 0.3 is 0 Å². The lowest BCUT2D eigenvalue weighted by molar-refractivity contribution is 0.0484. The fraction of sp³-hybridized carbons (Fsp3) is 0.348. The van der Waals surface area contributed by atoms with Gasteiger partial charge in [-0.05, 0) is 63.3 Å². The second kappa shape index (κ2) is 8.68. The molecule has 2 aromatic carbocycles. The van der Waals surface area contributed by atoms with Gasteiger partial charge in [0.1, 0.15) is 11.9 Å². The van der Waals surface area contributed by atoms with Crippen molar-refractivity contribution in [3.05, 3.63) is 72.4 Å². The first-order valence-corrected chi connectivity index (χ1v) is 10.1. The summed E-state index contributed by atoms with van der Waals surface area (Å²) in [6.45, 7) is 1.97. The summed E-state index contributed by atoms with van der Waals surface area (Å²) in [4.78, 5) is 18.0. The third-order valence-electron chi connectivity index (χ3n) is 5.68. The first-order chi connectivity index (χ1) is 14.2. The van der Waals surface area contributed by atoms with Gasteiger partial charge in [0.2, 0.25) is 0 Å². The van der Waals surface area contributed by atoms with Gasteiger partial charge in [-0.25, -0.2) is 5.43 Å². The number of amides is 1. The second-order valence-corrected chi connectivity index (χ2v) is 7.57. The van der Waals surface area contributed by atoms with Crippen LogP contribution < -0.4 is 15.2 Å². The topological polar surface area (TPSA) is 48.1 Å². The molecule has 0 saturated carbocycles. The lowest BCUT2D eigenvalue weighted by atomic mass is 10.0. The van der Waals surface area contributed by atoms with Crippen LogP contribution in [-0.4, -0.2) is 55.2 Å². The van der Waals surface area contributed by atoms with E-state index in [1.54, 1.807) is 7.11 Å². The van der Waals surface area contributed by atoms with Crippen molar-refractivity contribution in [3.63, 3.8) is 0 Å². The van der Waals surface area contributed by atoms with Crippen molar-refractivity contribution in [1.29, 1.82) is 0 Å². The maximum Gasteiger partial charge on any atom is 0.259 e. The molecule has 4 rings (SSSR count). The van der Waals surface area contributed by atoms with E-state index >= 15 is 0 Å². The van der Waals surface area contributed by atoms with Crippen LogP contribution in [-0.2, 0) is 0 Å². The molecule has 29 heavy (non-hydrogen) atoms. The minimum absolute atomic E-state index is 0.00550. The normalized spacial score (nSPS) is 20.1. The number of hydrazine groups is 1. The second-order valence-electron chi connectivity index (χ2n) is 7.57. The van der Waals surface area contributed by atoms with Crippen LogP contribution in [0.15, 0.2) is 66.9 Å². The predicted octanol–water partition coefficient (Wildman–Crippen LogP) is 3.10. The molecule has 2 aliphatic rings. The molecule has 2 aliphatic heterocycles. The Hall–Kier alpha value is -2.83. The highest BCUT2D eigenvalue weighted by atomic mass is 16.5. The zero-order valence-corrected chi connectivity index (χ0v) is 17.0. The Bertz CT molecular complexity index is 862. The van der Waals surface area contributed by atoms with Crippen LogP contribution >= 0.6 is 0 Å². The Morgan fingerprint density at radius 3 is 2.48 bits per heavy atom. The number of hydrogen-bond donors (Lipinski definition) is 1. The molecule has 1 saturated heterocycles. The molecule has 0 radical (unpaired) electrons. The van der Waals surface area contributed by atoms with Gasteiger partial charge in [0.05, 0.1) is 18.4 Å². The van der Waals surface area contributed by atoms with Gasteiger partial charge < -0.3 is 14.5 Å². The molecule has 6 heteroatoms. The fourth-order valence-corrected chi connectivity index (χ4v) is 4.05. The largest absolute Gasteiger partial charge is 0.496 e. The van der Waals surface area contributed by atoms with Gasteiger partial charge in [-0.1, -0.05) is 30.3 Å². The number of ether oxygens (including phenoxy) is 1. The number of piperidine rings is 1. The van der Waals surface area contributed by atoms with Crippen LogP contribution in [0.3, 0.4) is 0 Å². The van der Waals surface area contributed by atoms with Gasteiger partial charge in [-0.15, -0.1) is 0 Å². The van der Waals surface area contributed by atoms with Crippen LogP contribution in [0.25, 0.3) is 0 Å². The molecule has 6 nitrogen and oxygen atoms in total. The molecule has 1 unspecified atom stereocenters. The maximum absolute atomic E-state index is 13.7. The zero-order chi connectivity index (χ0) is 20.2. The maximum atomic E-state index is 13.7. The Kier molecular flexibility index (Phi) is 5.83. The summed E-state index contributed by atoms with van der Waals surface area (Å²) in [7, 11) is 3.74. The third-order valence-corrected chi connectivity index (χ3v) is 5.68. The molecule has 1 atom stereocenters. The van der Waals surface area contributed by atoms with E-state index in [9.17, 15) is 4.79 Å². The van der Waals surface area contributed by atoms with Gasteiger partial charge in [-0.3, -0.25) is 9.80 Å². The van der Waals surface area contributed by atoms with Crippen molar-refractivity contribution in [2.45, 2.75) is 25.0 Å². The number of benzene rings is 2. The molecule has 1 fully saturated rings. The summed E-state index contributed by atoms with van der Waals surface area (Å²) < 4.78 is 5.47. The number of carbonyl (C=O) groups is 1. The van der Waals surface area contributed by atoms with Crippen LogP contribution in [0.1, 0.15) is 23.2 Å². The van der Waals surface area contributed by atoms with Crippen molar-refractivity contribution in [2.75, 3.05) is 32.3 Å². The summed E-state index contributed by atoms with van der Waals surface area (Å²) in [5.74, 6) is 0.603. The van der Waals surface area contributed by atoms with E-state index in [0.717, 1.165) is 31.6 Å². The van der Waals surface area contributed by atoms with E-state index in [1.807, 2.05) is 70.7 Å². The predicted molar refractivity (Wildman–Crippen MR) is 115 cm³/mol. The minimum Gasteiger partial charge on any atom is -0.496 e. The highest BCUT2D eigenvalue weighted by Crippen LogP contribution is 2.27. The quantitative estimate of drug-likeness (QED) is 0.847. The number of hydrogen-bond acceptors (Lipinski definition) is 5. The van der Waals surface area contributed by atoms with Crippen LogP contribution in [0.5, 0.6) is 5.75 Å². The number of para-hydroxylation sites is 2. The highest BCUT2D eigenvalue weighted by Gasteiger charge is 2.35. The summed E-state index contributed by atoms with van der Waals surface area (Å²) in [6, 6.07) is 17.7. The van der Waals surface area contributed by atoms with Gasteiger partial charge in [0, 0.05) is 12.2 Å². The Labute approximate surface area is 172 Å². The SMILES string of the molecule is COc1ccccc1C(=O)N(C1CCN(C)CC1)C1C=CN(c2ccccc2)N1. The average Bonchev–Trinajstić information content (AvgIpc) is 3.25. The number of anilines is 1. The smallest absolute Gasteiger partial charge is 0.259 e. The molecule has 1 amide bonds. The van der Waals surface area contributed by atoms with Crippen LogP contribution in [0.2, 0.25) is 0 Å². The van der Waals surface area contributed by atoms with Crippen LogP contribution in [0, 0.1) is 0 Å². The molecular weight excluding hydrogens is 364 g/mol. The van der Waals surface area contributed by atoms with Crippen molar-refractivity contribution in [2.24, 2.45) is 0 Å². The van der Waals surface area contributed by atoms with E-state index in [1.165, 1.54) is 0 Å². The fourth-order valence-electron chi connectivity index (χ4n) is 4.05. The van der Waals surface area contributed by atoms with Gasteiger partial charge in [0.25, 0.3) is 5.91 Å². The molecule has 2 aromatic rings. The summed E-state index contributed by atoms with van der Waals surface area (Å²) in [6.07, 6.45) is 5.75. The molecule has 1 N–H and O–H groups in total. The highest BCUT2D eigenvalue weighted by molar-refractivity contribution is 5.97. The monoisotopic (exact) mass is 392 g/mol. The number of methoxy groups -OCH3 is 1. The Balaban J connectivity index is 1.61. The van der Waals surface area contributed by atoms with Gasteiger partial charge in [-0.2, -0.15) is 0 Å². The number of nitrogens with one attached hydrogen (secondary N) is 1. The Morgan fingerprint density at radius 1 is 1.07 bits per heavy atom. The lowest BCUT2D eigenvalue weighted by Crippen LogP contribution is -2.56. The molecule has 0 spiro atoms. The van der Waals surface area contributed by atoms with Gasteiger partial charge in [0.15, 0.2) is 0 Å². The molecule has 0 aromatic heterocycles. The van der Waals surface area contributed by atoms with E-state index in [2.05, 4.69) is 23.4 Å². The molecule has 0 bridgehead atoms. The standard InChI is InChI=1S/C23H28N4O2/c1-25-15-12-19(13-16-25)27(23(28)20-10-6-7-11-21(20)29-2)22-14-17-26(24-22)18-8-4-3-5-9-18/h3-11,14,17,19,22,24H,12-13,15-16H2,1-2H3. The van der Waals surface area contributed by atoms with E-state index in [0.29, 0.717) is 11.3 Å². The molecule has 2 heterocycles. The van der Waals surface area contributed by atoms with E-state index in [4.69, 9.17) is 4.74 Å². The van der Waals surface area contributed by atoms with E-state index < -0.39 is 0 Å². The summed E-state index contributed by atoms with van der Waals surface area (Å²) in [5, 5.41) is 1.97. The molecule has 152 valence electrons. The summed E-state index contributed by atoms with van der Waals surface area (Å²) >= 11 is 0. The molecular formula is C23H28N4O2. The van der Waals surface area contributed by atoms with E-state index in [-0.39, 0.29) is 18.1 Å². The van der Waals surface area contributed by atoms with Crippen LogP contribution in [0.4, 0.5) is 5.69 Å². The third kappa shape index (κ3) is 4.13. The minimum atomic E-state index is -0.207. The van der Waals surface area contributed by atoms with Crippen molar-refractivity contribution < 1.29 is 9.53 Å². The lowest BCUT2D eigenvalue weighted by Gasteiger charge is -2.40. The summed E-state index contributed by atoms with van der Waals surface area (Å²) in [5.41, 5.74) is 5.12. The van der Waals surface area contributed by atoms with Crippen molar-refractivity contribution in [3.8, 4) is 5.75 Å². The number of carbonyl (C=O) groups excluding carboxylic acids is 1. The average molecular weight is 393 g/mol. The first kappa shape index (κ1) is 19.5. The zero-order valence-electron chi connectivity index (χ0n) is 17.0. The van der Waals surface area contributed by atoms with Crippen molar-refractivity contribution >= 4 is 11.6 Å². The number of nitrogens with zero attached hydrogens (tertiary/aromatic N) is 3. The van der Waals surface area contributed by atoms with Crippen molar-refractivity contribution in [1.82, 2.24) is 15.2 Å².